The number of ether oxygens (including phenoxy) is 2. The minimum Gasteiger partial charge on any atom is -0.495 e. The molecule has 0 saturated heterocycles. The van der Waals surface area contributed by atoms with E-state index in [1.54, 1.807) is 12.0 Å². The summed E-state index contributed by atoms with van der Waals surface area (Å²) in [5.41, 5.74) is 1.43. The molecule has 1 aliphatic rings. The summed E-state index contributed by atoms with van der Waals surface area (Å²) in [6.07, 6.45) is 0.834. The van der Waals surface area contributed by atoms with E-state index in [0.717, 1.165) is 17.9 Å². The van der Waals surface area contributed by atoms with Crippen molar-refractivity contribution in [2.45, 2.75) is 19.4 Å². The molecule has 0 spiro atoms. The lowest BCUT2D eigenvalue weighted by molar-refractivity contribution is 0.188. The number of para-hydroxylation sites is 4. The molecule has 1 atom stereocenters. The second-order valence-electron chi connectivity index (χ2n) is 5.36. The van der Waals surface area contributed by atoms with Gasteiger partial charge >= 0.3 is 6.03 Å². The van der Waals surface area contributed by atoms with Crippen molar-refractivity contribution in [1.82, 2.24) is 0 Å². The van der Waals surface area contributed by atoms with Crippen LogP contribution in [0.4, 0.5) is 16.2 Å². The first-order valence-electron chi connectivity index (χ1n) is 7.70. The van der Waals surface area contributed by atoms with Gasteiger partial charge in [0, 0.05) is 0 Å². The van der Waals surface area contributed by atoms with Crippen molar-refractivity contribution in [2.24, 2.45) is 0 Å². The maximum Gasteiger partial charge on any atom is 0.326 e. The quantitative estimate of drug-likeness (QED) is 0.935. The van der Waals surface area contributed by atoms with Crippen molar-refractivity contribution >= 4 is 17.4 Å². The monoisotopic (exact) mass is 312 g/mol. The predicted molar refractivity (Wildman–Crippen MR) is 90.5 cm³/mol. The van der Waals surface area contributed by atoms with Gasteiger partial charge in [0.25, 0.3) is 0 Å². The summed E-state index contributed by atoms with van der Waals surface area (Å²) < 4.78 is 11.2. The second-order valence-corrected chi connectivity index (χ2v) is 5.36. The lowest BCUT2D eigenvalue weighted by Gasteiger charge is -2.34. The Morgan fingerprint density at radius 1 is 1.26 bits per heavy atom. The fourth-order valence-corrected chi connectivity index (χ4v) is 2.63. The van der Waals surface area contributed by atoms with Gasteiger partial charge in [-0.1, -0.05) is 31.2 Å². The van der Waals surface area contributed by atoms with Crippen LogP contribution in [0.5, 0.6) is 11.5 Å². The largest absolute Gasteiger partial charge is 0.495 e. The average molecular weight is 312 g/mol. The van der Waals surface area contributed by atoms with E-state index in [2.05, 4.69) is 12.2 Å². The maximum absolute atomic E-state index is 12.8. The number of rotatable bonds is 3. The maximum atomic E-state index is 12.8. The van der Waals surface area contributed by atoms with Gasteiger partial charge in [-0.25, -0.2) is 4.79 Å². The van der Waals surface area contributed by atoms with Crippen molar-refractivity contribution in [3.05, 3.63) is 48.5 Å². The van der Waals surface area contributed by atoms with E-state index < -0.39 is 0 Å². The zero-order chi connectivity index (χ0) is 16.2. The molecule has 2 aromatic carbocycles. The lowest BCUT2D eigenvalue weighted by atomic mass is 10.1. The molecule has 1 heterocycles. The van der Waals surface area contributed by atoms with Crippen LogP contribution in [0.1, 0.15) is 13.3 Å². The molecular formula is C18H20N2O3. The molecule has 2 aromatic rings. The molecule has 0 fully saturated rings. The zero-order valence-corrected chi connectivity index (χ0v) is 13.3. The van der Waals surface area contributed by atoms with Gasteiger partial charge in [-0.3, -0.25) is 4.90 Å². The summed E-state index contributed by atoms with van der Waals surface area (Å²) in [5, 5.41) is 2.92. The number of hydrogen-bond acceptors (Lipinski definition) is 3. The number of amides is 2. The Hall–Kier alpha value is -2.69. The molecular weight excluding hydrogens is 292 g/mol. The number of hydrogen-bond donors (Lipinski definition) is 1. The predicted octanol–water partition coefficient (Wildman–Crippen LogP) is 3.90. The Kier molecular flexibility index (Phi) is 4.37. The van der Waals surface area contributed by atoms with E-state index in [1.807, 2.05) is 48.5 Å². The topological polar surface area (TPSA) is 50.8 Å². The van der Waals surface area contributed by atoms with Crippen LogP contribution in [-0.4, -0.2) is 25.8 Å². The molecule has 0 aliphatic carbocycles. The van der Waals surface area contributed by atoms with Crippen LogP contribution < -0.4 is 19.7 Å². The van der Waals surface area contributed by atoms with E-state index >= 15 is 0 Å². The van der Waals surface area contributed by atoms with Gasteiger partial charge in [-0.05, 0) is 30.7 Å². The third kappa shape index (κ3) is 3.08. The normalized spacial score (nSPS) is 16.3. The highest BCUT2D eigenvalue weighted by atomic mass is 16.5. The molecule has 0 saturated carbocycles. The van der Waals surface area contributed by atoms with Crippen molar-refractivity contribution in [1.29, 1.82) is 0 Å². The van der Waals surface area contributed by atoms with Crippen molar-refractivity contribution in [2.75, 3.05) is 23.9 Å². The van der Waals surface area contributed by atoms with E-state index in [4.69, 9.17) is 9.47 Å². The zero-order valence-electron chi connectivity index (χ0n) is 13.3. The molecule has 1 N–H and O–H groups in total. The number of nitrogens with one attached hydrogen (secondary N) is 1. The molecule has 2 amide bonds. The molecule has 1 aliphatic heterocycles. The molecule has 5 heteroatoms. The van der Waals surface area contributed by atoms with E-state index in [1.165, 1.54) is 0 Å². The summed E-state index contributed by atoms with van der Waals surface area (Å²) in [7, 11) is 1.59. The van der Waals surface area contributed by atoms with Crippen LogP contribution in [0, 0.1) is 0 Å². The number of nitrogens with zero attached hydrogens (tertiary/aromatic N) is 1. The van der Waals surface area contributed by atoms with Gasteiger partial charge in [0.05, 0.1) is 25.0 Å². The van der Waals surface area contributed by atoms with E-state index in [9.17, 15) is 4.79 Å². The van der Waals surface area contributed by atoms with Crippen LogP contribution in [-0.2, 0) is 0 Å². The Labute approximate surface area is 135 Å². The standard InChI is InChI=1S/C18H20N2O3/c1-3-13-12-20(15-9-5-7-11-17(15)23-13)18(21)19-14-8-4-6-10-16(14)22-2/h4-11,13H,3,12H2,1-2H3,(H,19,21)/t13-/m0/s1. The Balaban J connectivity index is 1.87. The molecule has 0 bridgehead atoms. The van der Waals surface area contributed by atoms with Gasteiger partial charge in [0.2, 0.25) is 0 Å². The number of anilines is 2. The summed E-state index contributed by atoms with van der Waals surface area (Å²) in [6, 6.07) is 14.8. The third-order valence-corrected chi connectivity index (χ3v) is 3.88. The highest BCUT2D eigenvalue weighted by molar-refractivity contribution is 6.03. The minimum absolute atomic E-state index is 0.00619. The first-order valence-corrected chi connectivity index (χ1v) is 7.70. The van der Waals surface area contributed by atoms with Crippen LogP contribution in [0.25, 0.3) is 0 Å². The summed E-state index contributed by atoms with van der Waals surface area (Å²) in [5.74, 6) is 1.37. The second kappa shape index (κ2) is 6.60. The Bertz CT molecular complexity index is 702. The third-order valence-electron chi connectivity index (χ3n) is 3.88. The van der Waals surface area contributed by atoms with Gasteiger partial charge in [0.1, 0.15) is 17.6 Å². The van der Waals surface area contributed by atoms with Crippen LogP contribution in [0.3, 0.4) is 0 Å². The smallest absolute Gasteiger partial charge is 0.326 e. The number of benzene rings is 2. The van der Waals surface area contributed by atoms with Crippen LogP contribution >= 0.6 is 0 Å². The lowest BCUT2D eigenvalue weighted by Crippen LogP contribution is -2.45. The number of fused-ring (bicyclic) bond motifs is 1. The fourth-order valence-electron chi connectivity index (χ4n) is 2.63. The number of carbonyl (C=O) groups is 1. The molecule has 0 unspecified atom stereocenters. The van der Waals surface area contributed by atoms with E-state index in [0.29, 0.717) is 18.0 Å². The molecule has 0 radical (unpaired) electrons. The fraction of sp³-hybridized carbons (Fsp3) is 0.278. The molecule has 23 heavy (non-hydrogen) atoms. The highest BCUT2D eigenvalue weighted by Gasteiger charge is 2.29. The van der Waals surface area contributed by atoms with Gasteiger partial charge in [0.15, 0.2) is 0 Å². The summed E-state index contributed by atoms with van der Waals surface area (Å²) in [6.45, 7) is 2.57. The van der Waals surface area contributed by atoms with Gasteiger partial charge in [-0.15, -0.1) is 0 Å². The van der Waals surface area contributed by atoms with Gasteiger partial charge in [-0.2, -0.15) is 0 Å². The summed E-state index contributed by atoms with van der Waals surface area (Å²) >= 11 is 0. The van der Waals surface area contributed by atoms with Crippen molar-refractivity contribution in [3.8, 4) is 11.5 Å². The minimum atomic E-state index is -0.191. The first kappa shape index (κ1) is 15.2. The first-order chi connectivity index (χ1) is 11.2. The molecule has 120 valence electrons. The van der Waals surface area contributed by atoms with Crippen molar-refractivity contribution < 1.29 is 14.3 Å². The van der Waals surface area contributed by atoms with Crippen molar-refractivity contribution in [3.63, 3.8) is 0 Å². The van der Waals surface area contributed by atoms with Crippen LogP contribution in [0.2, 0.25) is 0 Å². The van der Waals surface area contributed by atoms with E-state index in [-0.39, 0.29) is 12.1 Å². The highest BCUT2D eigenvalue weighted by Crippen LogP contribution is 2.34. The SMILES string of the molecule is CC[C@H]1CN(C(=O)Nc2ccccc2OC)c2ccccc2O1. The molecule has 3 rings (SSSR count). The number of carbonyl (C=O) groups excluding carboxylic acids is 1. The van der Waals surface area contributed by atoms with Crippen LogP contribution in [0.15, 0.2) is 48.5 Å². The molecule has 5 nitrogen and oxygen atoms in total. The average Bonchev–Trinajstić information content (AvgIpc) is 2.61. The number of methoxy groups -OCH3 is 1. The molecule has 0 aromatic heterocycles. The summed E-state index contributed by atoms with van der Waals surface area (Å²) in [4.78, 5) is 14.5. The van der Waals surface area contributed by atoms with Gasteiger partial charge < -0.3 is 14.8 Å². The Morgan fingerprint density at radius 2 is 2.00 bits per heavy atom. The number of urea groups is 1. The Morgan fingerprint density at radius 3 is 2.78 bits per heavy atom.